The summed E-state index contributed by atoms with van der Waals surface area (Å²) in [5, 5.41) is 13.9. The van der Waals surface area contributed by atoms with Gasteiger partial charge in [-0.15, -0.1) is 0 Å². The van der Waals surface area contributed by atoms with Crippen molar-refractivity contribution in [2.24, 2.45) is 5.92 Å². The molecule has 4 nitrogen and oxygen atoms in total. The molecule has 1 atom stereocenters. The molecule has 1 aromatic carbocycles. The van der Waals surface area contributed by atoms with Crippen molar-refractivity contribution < 1.29 is 9.90 Å². The molecular formula is C21H29BrN2O2. The summed E-state index contributed by atoms with van der Waals surface area (Å²) in [7, 11) is 0. The smallest absolute Gasteiger partial charge is 0.224 e. The van der Waals surface area contributed by atoms with Crippen LogP contribution < -0.4 is 5.32 Å². The molecule has 1 aliphatic carbocycles. The molecule has 1 aromatic heterocycles. The first kappa shape index (κ1) is 19.4. The first-order valence-corrected chi connectivity index (χ1v) is 10.6. The number of rotatable bonds is 6. The Morgan fingerprint density at radius 1 is 1.31 bits per heavy atom. The number of carbonyl (C=O) groups excluding carboxylic acids is 1. The van der Waals surface area contributed by atoms with Gasteiger partial charge in [0, 0.05) is 29.0 Å². The van der Waals surface area contributed by atoms with Crippen LogP contribution in [0.4, 0.5) is 5.69 Å². The normalized spacial score (nSPS) is 17.2. The van der Waals surface area contributed by atoms with Crippen molar-refractivity contribution in [2.45, 2.75) is 70.9 Å². The van der Waals surface area contributed by atoms with Crippen LogP contribution in [0.5, 0.6) is 0 Å². The highest BCUT2D eigenvalue weighted by Gasteiger charge is 2.17. The predicted octanol–water partition coefficient (Wildman–Crippen LogP) is 5.47. The van der Waals surface area contributed by atoms with Crippen molar-refractivity contribution in [2.75, 3.05) is 5.32 Å². The van der Waals surface area contributed by atoms with Crippen molar-refractivity contribution in [1.29, 1.82) is 0 Å². The first-order chi connectivity index (χ1) is 12.5. The summed E-state index contributed by atoms with van der Waals surface area (Å²) in [6, 6.07) is 5.97. The third-order valence-corrected chi connectivity index (χ3v) is 6.01. The molecule has 1 amide bonds. The molecule has 0 radical (unpaired) electrons. The monoisotopic (exact) mass is 420 g/mol. The van der Waals surface area contributed by atoms with Crippen LogP contribution in [0.1, 0.15) is 58.3 Å². The number of aliphatic hydroxyl groups is 1. The maximum Gasteiger partial charge on any atom is 0.224 e. The fourth-order valence-electron chi connectivity index (χ4n) is 4.04. The van der Waals surface area contributed by atoms with Gasteiger partial charge >= 0.3 is 0 Å². The average molecular weight is 421 g/mol. The zero-order valence-corrected chi connectivity index (χ0v) is 17.1. The van der Waals surface area contributed by atoms with E-state index in [1.807, 2.05) is 29.0 Å². The third kappa shape index (κ3) is 4.89. The summed E-state index contributed by atoms with van der Waals surface area (Å²) in [6.07, 6.45) is 10.9. The summed E-state index contributed by atoms with van der Waals surface area (Å²) in [5.41, 5.74) is 1.83. The van der Waals surface area contributed by atoms with E-state index in [-0.39, 0.29) is 5.91 Å². The van der Waals surface area contributed by atoms with Crippen molar-refractivity contribution in [3.63, 3.8) is 0 Å². The minimum Gasteiger partial charge on any atom is -0.392 e. The molecule has 2 aromatic rings. The number of hydrogen-bond acceptors (Lipinski definition) is 2. The number of benzene rings is 1. The Hall–Kier alpha value is -1.33. The molecule has 0 spiro atoms. The fourth-order valence-corrected chi connectivity index (χ4v) is 4.61. The lowest BCUT2D eigenvalue weighted by molar-refractivity contribution is -0.116. The Morgan fingerprint density at radius 3 is 2.73 bits per heavy atom. The topological polar surface area (TPSA) is 54.3 Å². The van der Waals surface area contributed by atoms with Crippen LogP contribution in [0.2, 0.25) is 0 Å². The van der Waals surface area contributed by atoms with Crippen LogP contribution in [0.3, 0.4) is 0 Å². The SMILES string of the molecule is CC(O)Cn1cc(NC(=O)CCC2CCCCCC2)c2c(Br)cccc21. The van der Waals surface area contributed by atoms with E-state index >= 15 is 0 Å². The standard InChI is InChI=1S/C21H29BrN2O2/c1-15(25)13-24-14-18(21-17(22)9-6-10-19(21)24)23-20(26)12-11-16-7-4-2-3-5-8-16/h6,9-10,14-16,25H,2-5,7-8,11-13H2,1H3,(H,23,26). The van der Waals surface area contributed by atoms with Crippen LogP contribution in [-0.2, 0) is 11.3 Å². The molecule has 0 saturated heterocycles. The molecule has 1 fully saturated rings. The maximum atomic E-state index is 12.5. The number of carbonyl (C=O) groups is 1. The number of nitrogens with zero attached hydrogens (tertiary/aromatic N) is 1. The highest BCUT2D eigenvalue weighted by molar-refractivity contribution is 9.10. The van der Waals surface area contributed by atoms with Gasteiger partial charge in [-0.2, -0.15) is 0 Å². The number of halogens is 1. The second-order valence-corrected chi connectivity index (χ2v) is 8.48. The van der Waals surface area contributed by atoms with Crippen LogP contribution in [0.25, 0.3) is 10.9 Å². The number of hydrogen-bond donors (Lipinski definition) is 2. The van der Waals surface area contributed by atoms with E-state index in [4.69, 9.17) is 0 Å². The number of aromatic nitrogens is 1. The highest BCUT2D eigenvalue weighted by Crippen LogP contribution is 2.33. The summed E-state index contributed by atoms with van der Waals surface area (Å²) in [4.78, 5) is 12.5. The van der Waals surface area contributed by atoms with Crippen molar-refractivity contribution >= 4 is 38.4 Å². The number of amides is 1. The minimum atomic E-state index is -0.441. The van der Waals surface area contributed by atoms with E-state index in [0.717, 1.165) is 27.5 Å². The van der Waals surface area contributed by atoms with Crippen LogP contribution in [0.15, 0.2) is 28.9 Å². The Kier molecular flexibility index (Phi) is 6.76. The van der Waals surface area contributed by atoms with Gasteiger partial charge in [0.05, 0.1) is 17.3 Å². The number of fused-ring (bicyclic) bond motifs is 1. The van der Waals surface area contributed by atoms with Crippen molar-refractivity contribution in [1.82, 2.24) is 4.57 Å². The molecule has 3 rings (SSSR count). The van der Waals surface area contributed by atoms with Gasteiger partial charge in [0.2, 0.25) is 5.91 Å². The number of aliphatic hydroxyl groups excluding tert-OH is 1. The number of anilines is 1. The van der Waals surface area contributed by atoms with E-state index in [1.54, 1.807) is 6.92 Å². The predicted molar refractivity (Wildman–Crippen MR) is 110 cm³/mol. The summed E-state index contributed by atoms with van der Waals surface area (Å²) in [6.45, 7) is 2.28. The molecule has 0 bridgehead atoms. The molecule has 5 heteroatoms. The largest absolute Gasteiger partial charge is 0.392 e. The molecule has 1 heterocycles. The second kappa shape index (κ2) is 9.05. The summed E-state index contributed by atoms with van der Waals surface area (Å²) in [5.74, 6) is 0.785. The Bertz CT molecular complexity index is 746. The van der Waals surface area contributed by atoms with E-state index in [9.17, 15) is 9.90 Å². The molecule has 1 saturated carbocycles. The first-order valence-electron chi connectivity index (χ1n) is 9.80. The third-order valence-electron chi connectivity index (χ3n) is 5.34. The van der Waals surface area contributed by atoms with Gasteiger partial charge in [-0.05, 0) is 31.4 Å². The summed E-state index contributed by atoms with van der Waals surface area (Å²) < 4.78 is 2.96. The number of nitrogens with one attached hydrogen (secondary N) is 1. The van der Waals surface area contributed by atoms with Gasteiger partial charge in [0.25, 0.3) is 0 Å². The average Bonchev–Trinajstić information content (AvgIpc) is 2.78. The van der Waals surface area contributed by atoms with Gasteiger partial charge in [0.15, 0.2) is 0 Å². The molecule has 26 heavy (non-hydrogen) atoms. The van der Waals surface area contributed by atoms with Gasteiger partial charge in [-0.3, -0.25) is 4.79 Å². The second-order valence-electron chi connectivity index (χ2n) is 7.62. The van der Waals surface area contributed by atoms with Crippen LogP contribution in [-0.4, -0.2) is 21.7 Å². The van der Waals surface area contributed by atoms with Crippen molar-refractivity contribution in [3.05, 3.63) is 28.9 Å². The highest BCUT2D eigenvalue weighted by atomic mass is 79.9. The van der Waals surface area contributed by atoms with Gasteiger partial charge in [0.1, 0.15) is 0 Å². The van der Waals surface area contributed by atoms with Crippen LogP contribution in [0, 0.1) is 5.92 Å². The van der Waals surface area contributed by atoms with Gasteiger partial charge < -0.3 is 15.0 Å². The quantitative estimate of drug-likeness (QED) is 0.608. The lowest BCUT2D eigenvalue weighted by Gasteiger charge is -2.13. The Balaban J connectivity index is 1.70. The van der Waals surface area contributed by atoms with E-state index in [0.29, 0.717) is 18.9 Å². The van der Waals surface area contributed by atoms with E-state index in [2.05, 4.69) is 21.2 Å². The Labute approximate surface area is 164 Å². The molecule has 2 N–H and O–H groups in total. The zero-order chi connectivity index (χ0) is 18.5. The van der Waals surface area contributed by atoms with Crippen LogP contribution >= 0.6 is 15.9 Å². The molecule has 1 unspecified atom stereocenters. The van der Waals surface area contributed by atoms with Gasteiger partial charge in [-0.1, -0.05) is 60.5 Å². The van der Waals surface area contributed by atoms with E-state index in [1.165, 1.54) is 38.5 Å². The fraction of sp³-hybridized carbons (Fsp3) is 0.571. The zero-order valence-electron chi connectivity index (χ0n) is 15.5. The maximum absolute atomic E-state index is 12.5. The molecule has 1 aliphatic rings. The lowest BCUT2D eigenvalue weighted by Crippen LogP contribution is -2.13. The lowest BCUT2D eigenvalue weighted by atomic mass is 9.95. The molecule has 0 aliphatic heterocycles. The molecule has 142 valence electrons. The van der Waals surface area contributed by atoms with Gasteiger partial charge in [-0.25, -0.2) is 0 Å². The summed E-state index contributed by atoms with van der Waals surface area (Å²) >= 11 is 3.60. The minimum absolute atomic E-state index is 0.0843. The Morgan fingerprint density at radius 2 is 2.04 bits per heavy atom. The van der Waals surface area contributed by atoms with Crippen molar-refractivity contribution in [3.8, 4) is 0 Å². The van der Waals surface area contributed by atoms with E-state index < -0.39 is 6.10 Å². The molecular weight excluding hydrogens is 392 g/mol.